The first-order chi connectivity index (χ1) is 10.6. The van der Waals surface area contributed by atoms with Gasteiger partial charge >= 0.3 is 6.18 Å². The molecule has 124 valence electrons. The number of aliphatic imine (C=N–C) groups is 1. The van der Waals surface area contributed by atoms with Crippen LogP contribution in [0.15, 0.2) is 17.1 Å². The maximum Gasteiger partial charge on any atom is 0.417 e. The van der Waals surface area contributed by atoms with Crippen molar-refractivity contribution in [2.45, 2.75) is 13.1 Å². The van der Waals surface area contributed by atoms with E-state index in [9.17, 15) is 27.0 Å². The molecule has 0 aliphatic carbocycles. The van der Waals surface area contributed by atoms with Gasteiger partial charge in [-0.3, -0.25) is 13.8 Å². The zero-order valence-corrected chi connectivity index (χ0v) is 13.2. The summed E-state index contributed by atoms with van der Waals surface area (Å²) >= 11 is 0. The highest BCUT2D eigenvalue weighted by Crippen LogP contribution is 2.44. The number of alkyl halides is 3. The summed E-state index contributed by atoms with van der Waals surface area (Å²) in [4.78, 5) is 28.1. The van der Waals surface area contributed by atoms with Crippen LogP contribution in [-0.4, -0.2) is 34.2 Å². The fourth-order valence-corrected chi connectivity index (χ4v) is 3.18. The van der Waals surface area contributed by atoms with Crippen LogP contribution in [0.25, 0.3) is 0 Å². The van der Waals surface area contributed by atoms with Crippen molar-refractivity contribution in [1.29, 1.82) is 0 Å². The van der Waals surface area contributed by atoms with Crippen LogP contribution < -0.4 is 4.74 Å². The van der Waals surface area contributed by atoms with E-state index in [1.165, 1.54) is 13.4 Å². The van der Waals surface area contributed by atoms with E-state index in [0.29, 0.717) is 6.07 Å². The smallest absolute Gasteiger partial charge is 0.417 e. The van der Waals surface area contributed by atoms with Gasteiger partial charge in [0.05, 0.1) is 29.0 Å². The summed E-state index contributed by atoms with van der Waals surface area (Å²) in [5.74, 6) is -3.43. The second-order valence-corrected chi connectivity index (χ2v) is 6.18. The molecule has 0 bridgehead atoms. The Kier molecular flexibility index (Phi) is 4.43. The number of Topliss-reactive ketones (excluding diaryl/α,β-unsaturated/α-hetero) is 2. The molecule has 0 amide bonds. The van der Waals surface area contributed by atoms with Crippen LogP contribution in [0.5, 0.6) is 5.75 Å². The van der Waals surface area contributed by atoms with E-state index >= 15 is 0 Å². The molecule has 5 nitrogen and oxygen atoms in total. The van der Waals surface area contributed by atoms with Crippen molar-refractivity contribution in [2.75, 3.05) is 13.4 Å². The molecule has 23 heavy (non-hydrogen) atoms. The first kappa shape index (κ1) is 17.3. The van der Waals surface area contributed by atoms with Crippen molar-refractivity contribution in [2.24, 2.45) is 10.9 Å². The zero-order chi connectivity index (χ0) is 17.5. The number of nitrogens with zero attached hydrogens (tertiary/aromatic N) is 1. The fraction of sp³-hybridized carbons (Fsp3) is 0.357. The van der Waals surface area contributed by atoms with Crippen LogP contribution in [0.4, 0.5) is 18.9 Å². The molecule has 9 heteroatoms. The van der Waals surface area contributed by atoms with Crippen molar-refractivity contribution >= 4 is 33.1 Å². The second kappa shape index (κ2) is 5.88. The predicted octanol–water partition coefficient (Wildman–Crippen LogP) is 2.52. The highest BCUT2D eigenvalue weighted by Gasteiger charge is 2.44. The van der Waals surface area contributed by atoms with Gasteiger partial charge in [-0.05, 0) is 19.1 Å². The quantitative estimate of drug-likeness (QED) is 0.771. The Labute approximate surface area is 132 Å². The lowest BCUT2D eigenvalue weighted by atomic mass is 9.88. The predicted molar refractivity (Wildman–Crippen MR) is 77.7 cm³/mol. The first-order valence-corrected chi connectivity index (χ1v) is 7.90. The van der Waals surface area contributed by atoms with Crippen LogP contribution in [0.2, 0.25) is 0 Å². The first-order valence-electron chi connectivity index (χ1n) is 6.34. The Hall–Kier alpha value is -2.03. The molecule has 2 rings (SSSR count). The van der Waals surface area contributed by atoms with Gasteiger partial charge in [-0.2, -0.15) is 13.2 Å². The number of carbonyl (C=O) groups excluding carboxylic acids is 2. The van der Waals surface area contributed by atoms with Gasteiger partial charge < -0.3 is 4.74 Å². The summed E-state index contributed by atoms with van der Waals surface area (Å²) in [7, 11) is -0.586. The lowest BCUT2D eigenvalue weighted by Crippen LogP contribution is -2.36. The lowest BCUT2D eigenvalue weighted by Gasteiger charge is -2.24. The van der Waals surface area contributed by atoms with Gasteiger partial charge in [0.25, 0.3) is 0 Å². The molecule has 0 aromatic heterocycles. The summed E-state index contributed by atoms with van der Waals surface area (Å²) in [6, 6.07) is 1.74. The molecule has 0 spiro atoms. The third kappa shape index (κ3) is 2.92. The monoisotopic (exact) mass is 347 g/mol. The van der Waals surface area contributed by atoms with Gasteiger partial charge in [-0.15, -0.1) is 0 Å². The number of ketones is 2. The molecule has 0 saturated heterocycles. The van der Waals surface area contributed by atoms with E-state index in [1.54, 1.807) is 0 Å². The van der Waals surface area contributed by atoms with Gasteiger partial charge in [0, 0.05) is 6.26 Å². The van der Waals surface area contributed by atoms with Crippen LogP contribution in [-0.2, 0) is 21.8 Å². The Morgan fingerprint density at radius 3 is 2.39 bits per heavy atom. The van der Waals surface area contributed by atoms with E-state index in [-0.39, 0.29) is 16.5 Å². The standard InChI is InChI=1S/C14H12F3NO4S/c1-6(19)9-12(20)10-7(14(15,16)17)4-5-8(22-2)11(10)18-13(9)23(3)21/h4-5,9H,1-3H3. The summed E-state index contributed by atoms with van der Waals surface area (Å²) < 4.78 is 56.3. The third-order valence-corrected chi connectivity index (χ3v) is 4.26. The highest BCUT2D eigenvalue weighted by molar-refractivity contribution is 8.00. The number of halogens is 3. The van der Waals surface area contributed by atoms with E-state index < -0.39 is 45.6 Å². The molecule has 2 unspecified atom stereocenters. The summed E-state index contributed by atoms with van der Waals surface area (Å²) in [5, 5.41) is -0.271. The van der Waals surface area contributed by atoms with Gasteiger partial charge in [-0.25, -0.2) is 4.99 Å². The SMILES string of the molecule is COc1ccc(C(F)(F)F)c2c1N=C(S(C)=O)C(C(C)=O)C2=O. The number of hydrogen-bond donors (Lipinski definition) is 0. The Balaban J connectivity index is 2.88. The van der Waals surface area contributed by atoms with Crippen molar-refractivity contribution in [3.05, 3.63) is 23.3 Å². The van der Waals surface area contributed by atoms with Crippen molar-refractivity contribution in [3.63, 3.8) is 0 Å². The molecule has 1 aromatic carbocycles. The van der Waals surface area contributed by atoms with E-state index in [1.807, 2.05) is 0 Å². The summed E-state index contributed by atoms with van der Waals surface area (Å²) in [6.45, 7) is 1.05. The van der Waals surface area contributed by atoms with Crippen LogP contribution >= 0.6 is 0 Å². The molecule has 2 atom stereocenters. The normalized spacial score (nSPS) is 19.0. The molecular weight excluding hydrogens is 335 g/mol. The number of hydrogen-bond acceptors (Lipinski definition) is 5. The topological polar surface area (TPSA) is 72.8 Å². The molecule has 1 heterocycles. The van der Waals surface area contributed by atoms with Gasteiger partial charge in [-0.1, -0.05) is 0 Å². The largest absolute Gasteiger partial charge is 0.494 e. The maximum atomic E-state index is 13.2. The van der Waals surface area contributed by atoms with Crippen molar-refractivity contribution < 1.29 is 31.7 Å². The number of methoxy groups -OCH3 is 1. The molecule has 1 aliphatic heterocycles. The highest BCUT2D eigenvalue weighted by atomic mass is 32.2. The van der Waals surface area contributed by atoms with Crippen LogP contribution in [0.1, 0.15) is 22.8 Å². The van der Waals surface area contributed by atoms with Gasteiger partial charge in [0.2, 0.25) is 0 Å². The minimum Gasteiger partial charge on any atom is -0.494 e. The van der Waals surface area contributed by atoms with Crippen molar-refractivity contribution in [3.8, 4) is 5.75 Å². The van der Waals surface area contributed by atoms with Crippen LogP contribution in [0.3, 0.4) is 0 Å². The molecule has 0 saturated carbocycles. The van der Waals surface area contributed by atoms with Crippen molar-refractivity contribution in [1.82, 2.24) is 0 Å². The Bertz CT molecular complexity index is 755. The molecular formula is C14H12F3NO4S. The van der Waals surface area contributed by atoms with Gasteiger partial charge in [0.1, 0.15) is 28.2 Å². The number of rotatable bonds is 2. The average molecular weight is 347 g/mol. The third-order valence-electron chi connectivity index (χ3n) is 3.34. The van der Waals surface area contributed by atoms with Gasteiger partial charge in [0.15, 0.2) is 5.78 Å². The second-order valence-electron chi connectivity index (χ2n) is 4.85. The van der Waals surface area contributed by atoms with E-state index in [4.69, 9.17) is 4.74 Å². The number of benzene rings is 1. The molecule has 0 radical (unpaired) electrons. The minimum atomic E-state index is -4.80. The minimum absolute atomic E-state index is 0.0636. The average Bonchev–Trinajstić information content (AvgIpc) is 2.44. The molecule has 0 N–H and O–H groups in total. The van der Waals surface area contributed by atoms with E-state index in [0.717, 1.165) is 13.0 Å². The summed E-state index contributed by atoms with van der Waals surface area (Å²) in [6.07, 6.45) is -3.60. The molecule has 0 fully saturated rings. The van der Waals surface area contributed by atoms with E-state index in [2.05, 4.69) is 4.99 Å². The maximum absolute atomic E-state index is 13.2. The lowest BCUT2D eigenvalue weighted by molar-refractivity contribution is -0.138. The summed E-state index contributed by atoms with van der Waals surface area (Å²) in [5.41, 5.74) is -2.28. The number of fused-ring (bicyclic) bond motifs is 1. The molecule has 1 aromatic rings. The Morgan fingerprint density at radius 2 is 1.96 bits per heavy atom. The number of ether oxygens (including phenoxy) is 1. The fourth-order valence-electron chi connectivity index (χ4n) is 2.35. The van der Waals surface area contributed by atoms with Crippen LogP contribution in [0, 0.1) is 5.92 Å². The Morgan fingerprint density at radius 1 is 1.35 bits per heavy atom. The molecule has 1 aliphatic rings. The number of carbonyl (C=O) groups is 2. The zero-order valence-electron chi connectivity index (χ0n) is 12.4.